The SMILES string of the molecule is CC1(C)CC(=O)/C(=C(/O)CCc2noc3c2C(=O)CC(C)(C)C3)C(=Nc2cccc3ccccc23)C1. The molecular formula is C30H32N2O4. The van der Waals surface area contributed by atoms with Crippen LogP contribution in [0.4, 0.5) is 5.69 Å². The summed E-state index contributed by atoms with van der Waals surface area (Å²) in [6, 6.07) is 13.9. The lowest BCUT2D eigenvalue weighted by Crippen LogP contribution is -2.32. The molecule has 0 spiro atoms. The van der Waals surface area contributed by atoms with Crippen molar-refractivity contribution >= 4 is 33.7 Å². The molecule has 6 heteroatoms. The number of aliphatic hydroxyl groups excluding tert-OH is 1. The van der Waals surface area contributed by atoms with Crippen molar-refractivity contribution in [1.29, 1.82) is 0 Å². The van der Waals surface area contributed by atoms with E-state index in [2.05, 4.69) is 5.16 Å². The second-order valence-electron chi connectivity index (χ2n) is 11.7. The van der Waals surface area contributed by atoms with E-state index >= 15 is 0 Å². The van der Waals surface area contributed by atoms with E-state index in [0.29, 0.717) is 60.4 Å². The molecule has 0 atom stereocenters. The standard InChI is InChI=1S/C30H32N2O4/c1-29(2)14-22(31-20-11-7-9-18-8-5-6-10-19(18)20)27(24(34)15-29)23(33)13-12-21-28-25(35)16-30(3,4)17-26(28)36-32-21/h5-11,33H,12-17H2,1-4H3/b27-23+,31-22?. The number of aryl methyl sites for hydroxylation is 1. The average molecular weight is 485 g/mol. The van der Waals surface area contributed by atoms with Crippen LogP contribution in [0, 0.1) is 10.8 Å². The van der Waals surface area contributed by atoms with E-state index in [-0.39, 0.29) is 34.6 Å². The number of hydrogen-bond donors (Lipinski definition) is 1. The van der Waals surface area contributed by atoms with Gasteiger partial charge in [0.2, 0.25) is 0 Å². The lowest BCUT2D eigenvalue weighted by molar-refractivity contribution is -0.117. The molecule has 186 valence electrons. The highest BCUT2D eigenvalue weighted by molar-refractivity contribution is 6.25. The zero-order valence-electron chi connectivity index (χ0n) is 21.4. The predicted octanol–water partition coefficient (Wildman–Crippen LogP) is 6.89. The molecule has 0 bridgehead atoms. The van der Waals surface area contributed by atoms with Crippen molar-refractivity contribution in [2.75, 3.05) is 0 Å². The minimum absolute atomic E-state index is 0.00479. The molecule has 2 aliphatic carbocycles. The van der Waals surface area contributed by atoms with Crippen LogP contribution in [0.25, 0.3) is 10.8 Å². The van der Waals surface area contributed by atoms with Gasteiger partial charge in [0.1, 0.15) is 11.5 Å². The maximum absolute atomic E-state index is 13.2. The Morgan fingerprint density at radius 3 is 2.44 bits per heavy atom. The van der Waals surface area contributed by atoms with E-state index in [4.69, 9.17) is 9.52 Å². The number of allylic oxidation sites excluding steroid dienone is 2. The molecule has 1 saturated carbocycles. The molecule has 3 aromatic rings. The summed E-state index contributed by atoms with van der Waals surface area (Å²) in [4.78, 5) is 30.9. The van der Waals surface area contributed by atoms with Crippen LogP contribution in [0.15, 0.2) is 63.3 Å². The number of carbonyl (C=O) groups excluding carboxylic acids is 2. The molecule has 1 aromatic heterocycles. The lowest BCUT2D eigenvalue weighted by atomic mass is 9.73. The van der Waals surface area contributed by atoms with E-state index in [1.165, 1.54) is 0 Å². The quantitative estimate of drug-likeness (QED) is 0.321. The summed E-state index contributed by atoms with van der Waals surface area (Å²) in [5.41, 5.74) is 2.37. The van der Waals surface area contributed by atoms with Crippen molar-refractivity contribution in [2.24, 2.45) is 15.8 Å². The first-order valence-electron chi connectivity index (χ1n) is 12.5. The molecule has 0 unspecified atom stereocenters. The minimum atomic E-state index is -0.255. The summed E-state index contributed by atoms with van der Waals surface area (Å²) in [5.74, 6) is 0.531. The van der Waals surface area contributed by atoms with Gasteiger partial charge in [0.15, 0.2) is 11.6 Å². The fourth-order valence-corrected chi connectivity index (χ4v) is 5.51. The molecule has 6 nitrogen and oxygen atoms in total. The van der Waals surface area contributed by atoms with Gasteiger partial charge in [-0.25, -0.2) is 0 Å². The van der Waals surface area contributed by atoms with Gasteiger partial charge >= 0.3 is 0 Å². The molecule has 2 aromatic carbocycles. The Kier molecular flexibility index (Phi) is 5.93. The molecule has 1 heterocycles. The molecule has 1 fully saturated rings. The minimum Gasteiger partial charge on any atom is -0.511 e. The van der Waals surface area contributed by atoms with Gasteiger partial charge in [-0.3, -0.25) is 14.6 Å². The summed E-state index contributed by atoms with van der Waals surface area (Å²) in [6.45, 7) is 8.18. The highest BCUT2D eigenvalue weighted by Gasteiger charge is 2.38. The smallest absolute Gasteiger partial charge is 0.168 e. The van der Waals surface area contributed by atoms with Gasteiger partial charge in [0.25, 0.3) is 0 Å². The van der Waals surface area contributed by atoms with Gasteiger partial charge in [-0.1, -0.05) is 69.2 Å². The number of rotatable bonds is 4. The molecule has 2 aliphatic rings. The molecule has 0 radical (unpaired) electrons. The third-order valence-corrected chi connectivity index (χ3v) is 7.15. The Bertz CT molecular complexity index is 1430. The monoisotopic (exact) mass is 484 g/mol. The highest BCUT2D eigenvalue weighted by Crippen LogP contribution is 2.39. The third kappa shape index (κ3) is 4.64. The Morgan fingerprint density at radius 1 is 0.944 bits per heavy atom. The molecule has 5 rings (SSSR count). The number of fused-ring (bicyclic) bond motifs is 2. The Balaban J connectivity index is 1.49. The van der Waals surface area contributed by atoms with Gasteiger partial charge in [-0.15, -0.1) is 0 Å². The highest BCUT2D eigenvalue weighted by atomic mass is 16.5. The van der Waals surface area contributed by atoms with Gasteiger partial charge < -0.3 is 9.63 Å². The fraction of sp³-hybridized carbons (Fsp3) is 0.400. The number of ketones is 2. The first-order valence-corrected chi connectivity index (χ1v) is 12.5. The second-order valence-corrected chi connectivity index (χ2v) is 11.7. The lowest BCUT2D eigenvalue weighted by Gasteiger charge is -2.31. The number of hydrogen-bond acceptors (Lipinski definition) is 6. The van der Waals surface area contributed by atoms with Gasteiger partial charge in [-0.2, -0.15) is 0 Å². The van der Waals surface area contributed by atoms with Crippen LogP contribution in [-0.4, -0.2) is 27.5 Å². The zero-order valence-corrected chi connectivity index (χ0v) is 21.4. The van der Waals surface area contributed by atoms with Crippen molar-refractivity contribution in [3.05, 3.63) is 70.8 Å². The van der Waals surface area contributed by atoms with Crippen LogP contribution in [0.2, 0.25) is 0 Å². The Labute approximate surface area is 211 Å². The average Bonchev–Trinajstić information content (AvgIpc) is 3.18. The molecule has 36 heavy (non-hydrogen) atoms. The van der Waals surface area contributed by atoms with E-state index in [1.54, 1.807) is 0 Å². The van der Waals surface area contributed by atoms with Crippen LogP contribution < -0.4 is 0 Å². The molecular weight excluding hydrogens is 452 g/mol. The summed E-state index contributed by atoms with van der Waals surface area (Å²) < 4.78 is 5.50. The molecule has 0 amide bonds. The number of nitrogens with zero attached hydrogens (tertiary/aromatic N) is 2. The van der Waals surface area contributed by atoms with Gasteiger partial charge in [0, 0.05) is 37.5 Å². The molecule has 0 saturated heterocycles. The van der Waals surface area contributed by atoms with Crippen LogP contribution >= 0.6 is 0 Å². The van der Waals surface area contributed by atoms with Gasteiger partial charge in [0.05, 0.1) is 28.2 Å². The Morgan fingerprint density at radius 2 is 1.64 bits per heavy atom. The number of benzene rings is 2. The molecule has 1 N–H and O–H groups in total. The van der Waals surface area contributed by atoms with Crippen molar-refractivity contribution in [1.82, 2.24) is 5.16 Å². The van der Waals surface area contributed by atoms with Crippen LogP contribution in [0.3, 0.4) is 0 Å². The van der Waals surface area contributed by atoms with Crippen LogP contribution in [0.1, 0.15) is 75.2 Å². The van der Waals surface area contributed by atoms with E-state index < -0.39 is 0 Å². The Hall–Kier alpha value is -3.54. The topological polar surface area (TPSA) is 92.8 Å². The van der Waals surface area contributed by atoms with E-state index in [9.17, 15) is 14.7 Å². The summed E-state index contributed by atoms with van der Waals surface area (Å²) in [7, 11) is 0. The number of aliphatic hydroxyl groups is 1. The fourth-order valence-electron chi connectivity index (χ4n) is 5.51. The number of Topliss-reactive ketones (excluding diaryl/α,β-unsaturated/α-hetero) is 2. The number of carbonyl (C=O) groups is 2. The predicted molar refractivity (Wildman–Crippen MR) is 140 cm³/mol. The van der Waals surface area contributed by atoms with Crippen LogP contribution in [0.5, 0.6) is 0 Å². The second kappa shape index (κ2) is 8.84. The normalized spacial score (nSPS) is 21.6. The van der Waals surface area contributed by atoms with Crippen molar-refractivity contribution in [3.63, 3.8) is 0 Å². The zero-order chi connectivity index (χ0) is 25.7. The summed E-state index contributed by atoms with van der Waals surface area (Å²) in [6.07, 6.45) is 2.52. The summed E-state index contributed by atoms with van der Waals surface area (Å²) in [5, 5.41) is 17.4. The van der Waals surface area contributed by atoms with Crippen molar-refractivity contribution < 1.29 is 19.2 Å². The van der Waals surface area contributed by atoms with E-state index in [1.807, 2.05) is 70.2 Å². The summed E-state index contributed by atoms with van der Waals surface area (Å²) >= 11 is 0. The maximum Gasteiger partial charge on any atom is 0.168 e. The largest absolute Gasteiger partial charge is 0.511 e. The first-order chi connectivity index (χ1) is 17.0. The maximum atomic E-state index is 13.2. The number of aromatic nitrogens is 1. The first kappa shape index (κ1) is 24.2. The van der Waals surface area contributed by atoms with E-state index in [0.717, 1.165) is 16.5 Å². The molecule has 0 aliphatic heterocycles. The van der Waals surface area contributed by atoms with Crippen molar-refractivity contribution in [2.45, 2.75) is 66.2 Å². The van der Waals surface area contributed by atoms with Crippen molar-refractivity contribution in [3.8, 4) is 0 Å². The third-order valence-electron chi connectivity index (χ3n) is 7.15. The number of aliphatic imine (C=N–C) groups is 1. The van der Waals surface area contributed by atoms with Crippen LogP contribution in [-0.2, 0) is 17.6 Å². The van der Waals surface area contributed by atoms with Gasteiger partial charge in [-0.05, 0) is 28.7 Å².